The average Bonchev–Trinajstić information content (AvgIpc) is 3.35. The number of nitrogens with zero attached hydrogens (tertiary/aromatic N) is 3. The van der Waals surface area contributed by atoms with Gasteiger partial charge in [-0.1, -0.05) is 36.7 Å². The number of aromatic amines is 1. The van der Waals surface area contributed by atoms with Crippen molar-refractivity contribution in [3.05, 3.63) is 71.1 Å². The highest BCUT2D eigenvalue weighted by Gasteiger charge is 2.48. The average molecular weight is 543 g/mol. The largest absolute Gasteiger partial charge is 0.364 e. The molecule has 2 fully saturated rings. The Kier molecular flexibility index (Phi) is 6.80. The van der Waals surface area contributed by atoms with Gasteiger partial charge in [-0.3, -0.25) is 9.59 Å². The molecule has 0 bridgehead atoms. The predicted molar refractivity (Wildman–Crippen MR) is 151 cm³/mol. The number of amides is 1. The second-order valence-electron chi connectivity index (χ2n) is 11.8. The Morgan fingerprint density at radius 2 is 1.93 bits per heavy atom. The topological polar surface area (TPSA) is 92.1 Å². The summed E-state index contributed by atoms with van der Waals surface area (Å²) < 4.78 is 21.3. The molecule has 0 saturated heterocycles. The van der Waals surface area contributed by atoms with Crippen LogP contribution in [-0.2, 0) is 6.42 Å². The molecule has 40 heavy (non-hydrogen) atoms. The van der Waals surface area contributed by atoms with Gasteiger partial charge in [0.25, 0.3) is 5.91 Å². The predicted octanol–water partition coefficient (Wildman–Crippen LogP) is 6.95. The molecule has 2 aliphatic carbocycles. The van der Waals surface area contributed by atoms with Crippen molar-refractivity contribution in [1.29, 1.82) is 0 Å². The highest BCUT2D eigenvalue weighted by atomic mass is 19.1. The fourth-order valence-corrected chi connectivity index (χ4v) is 6.60. The molecule has 1 N–H and O–H groups in total. The summed E-state index contributed by atoms with van der Waals surface area (Å²) in [6, 6.07) is 10.6. The molecule has 208 valence electrons. The van der Waals surface area contributed by atoms with E-state index in [0.29, 0.717) is 51.1 Å². The zero-order chi connectivity index (χ0) is 28.0. The Morgan fingerprint density at radius 1 is 1.12 bits per heavy atom. The maximum atomic E-state index is 16.1. The first-order valence-corrected chi connectivity index (χ1v) is 14.3. The summed E-state index contributed by atoms with van der Waals surface area (Å²) in [5, 5.41) is 4.00. The number of carbonyl (C=O) groups is 2. The molecule has 2 atom stereocenters. The van der Waals surface area contributed by atoms with Crippen LogP contribution in [0.2, 0.25) is 0 Å². The van der Waals surface area contributed by atoms with Crippen molar-refractivity contribution in [3.8, 4) is 11.1 Å². The molecule has 8 heteroatoms. The lowest BCUT2D eigenvalue weighted by Crippen LogP contribution is -2.25. The van der Waals surface area contributed by atoms with E-state index in [9.17, 15) is 9.59 Å². The maximum absolute atomic E-state index is 16.1. The van der Waals surface area contributed by atoms with Crippen molar-refractivity contribution in [2.24, 2.45) is 11.3 Å². The van der Waals surface area contributed by atoms with E-state index in [1.807, 2.05) is 13.0 Å². The van der Waals surface area contributed by atoms with E-state index < -0.39 is 5.82 Å². The summed E-state index contributed by atoms with van der Waals surface area (Å²) >= 11 is 0. The van der Waals surface area contributed by atoms with Crippen LogP contribution >= 0.6 is 0 Å². The molecular weight excluding hydrogens is 507 g/mol. The number of fused-ring (bicyclic) bond motifs is 1. The van der Waals surface area contributed by atoms with Crippen molar-refractivity contribution in [2.45, 2.75) is 64.2 Å². The van der Waals surface area contributed by atoms with E-state index in [0.717, 1.165) is 19.3 Å². The van der Waals surface area contributed by atoms with E-state index in [1.54, 1.807) is 44.4 Å². The van der Waals surface area contributed by atoms with Gasteiger partial charge < -0.3 is 14.4 Å². The number of benzene rings is 2. The van der Waals surface area contributed by atoms with Crippen LogP contribution < -0.4 is 0 Å². The van der Waals surface area contributed by atoms with E-state index in [2.05, 4.69) is 10.1 Å². The van der Waals surface area contributed by atoms with Crippen LogP contribution in [0.25, 0.3) is 22.2 Å². The zero-order valence-corrected chi connectivity index (χ0v) is 23.3. The molecule has 2 aromatic heterocycles. The van der Waals surface area contributed by atoms with Crippen molar-refractivity contribution < 1.29 is 18.5 Å². The Morgan fingerprint density at radius 3 is 2.67 bits per heavy atom. The lowest BCUT2D eigenvalue weighted by atomic mass is 9.71. The third kappa shape index (κ3) is 4.73. The third-order valence-electron chi connectivity index (χ3n) is 9.00. The lowest BCUT2D eigenvalue weighted by Gasteiger charge is -2.34. The van der Waals surface area contributed by atoms with Gasteiger partial charge in [0.05, 0.1) is 16.8 Å². The van der Waals surface area contributed by atoms with Crippen LogP contribution in [0.4, 0.5) is 4.39 Å². The summed E-state index contributed by atoms with van der Waals surface area (Å²) in [7, 11) is 3.36. The molecule has 7 nitrogen and oxygen atoms in total. The lowest BCUT2D eigenvalue weighted by molar-refractivity contribution is 0.0828. The standard InChI is InChI=1S/C32H35FN4O3/c1-4-25-24(18-40-36-25)27(38)16-23(19-8-7-13-32(17-19)14-15-32)30-34-26-12-11-21(28(33)29(26)35-30)20-9-5-6-10-22(20)31(39)37(2)3/h5-6,9-12,18-19,23H,4,7-8,13-17H2,1-3H3,(H,34,35). The fraction of sp³-hybridized carbons (Fsp3) is 0.438. The fourth-order valence-electron chi connectivity index (χ4n) is 6.60. The van der Waals surface area contributed by atoms with Gasteiger partial charge in [0, 0.05) is 37.6 Å². The number of imidazole rings is 1. The Labute approximate surface area is 233 Å². The van der Waals surface area contributed by atoms with Crippen LogP contribution in [0.15, 0.2) is 47.2 Å². The van der Waals surface area contributed by atoms with Gasteiger partial charge in [0.2, 0.25) is 0 Å². The van der Waals surface area contributed by atoms with Crippen LogP contribution in [0.3, 0.4) is 0 Å². The number of aromatic nitrogens is 3. The maximum Gasteiger partial charge on any atom is 0.253 e. The summed E-state index contributed by atoms with van der Waals surface area (Å²) in [6.07, 6.45) is 9.30. The minimum absolute atomic E-state index is 0.0173. The van der Waals surface area contributed by atoms with Gasteiger partial charge >= 0.3 is 0 Å². The molecule has 2 saturated carbocycles. The molecule has 2 unspecified atom stereocenters. The number of ketones is 1. The minimum Gasteiger partial charge on any atom is -0.364 e. The number of Topliss-reactive ketones (excluding diaryl/α,β-unsaturated/α-hetero) is 1. The summed E-state index contributed by atoms with van der Waals surface area (Å²) in [5.74, 6) is 0.0847. The smallest absolute Gasteiger partial charge is 0.253 e. The number of halogens is 1. The molecule has 0 aliphatic heterocycles. The first-order chi connectivity index (χ1) is 19.3. The molecule has 6 rings (SSSR count). The number of hydrogen-bond donors (Lipinski definition) is 1. The molecule has 2 aliphatic rings. The molecule has 2 heterocycles. The molecular formula is C32H35FN4O3. The summed E-state index contributed by atoms with van der Waals surface area (Å²) in [4.78, 5) is 36.0. The van der Waals surface area contributed by atoms with E-state index in [1.165, 1.54) is 30.4 Å². The quantitative estimate of drug-likeness (QED) is 0.243. The van der Waals surface area contributed by atoms with Gasteiger partial charge in [-0.25, -0.2) is 9.37 Å². The number of rotatable bonds is 8. The van der Waals surface area contributed by atoms with Crippen molar-refractivity contribution in [2.75, 3.05) is 14.1 Å². The van der Waals surface area contributed by atoms with Crippen molar-refractivity contribution in [3.63, 3.8) is 0 Å². The Hall–Kier alpha value is -3.81. The van der Waals surface area contributed by atoms with Crippen LogP contribution in [0, 0.1) is 17.2 Å². The minimum atomic E-state index is -0.473. The van der Waals surface area contributed by atoms with Gasteiger partial charge in [-0.15, -0.1) is 0 Å². The van der Waals surface area contributed by atoms with Crippen molar-refractivity contribution in [1.82, 2.24) is 20.0 Å². The normalized spacial score (nSPS) is 18.6. The number of nitrogens with one attached hydrogen (secondary N) is 1. The first-order valence-electron chi connectivity index (χ1n) is 14.3. The summed E-state index contributed by atoms with van der Waals surface area (Å²) in [5.41, 5.74) is 3.70. The van der Waals surface area contributed by atoms with E-state index in [4.69, 9.17) is 9.51 Å². The highest BCUT2D eigenvalue weighted by Crippen LogP contribution is 2.59. The Balaban J connectivity index is 1.40. The monoisotopic (exact) mass is 542 g/mol. The number of carbonyl (C=O) groups excluding carboxylic acids is 2. The Bertz CT molecular complexity index is 1580. The third-order valence-corrected chi connectivity index (χ3v) is 9.00. The first kappa shape index (κ1) is 26.4. The van der Waals surface area contributed by atoms with E-state index in [-0.39, 0.29) is 35.5 Å². The number of H-pyrrole nitrogens is 1. The molecule has 1 amide bonds. The molecule has 2 aromatic carbocycles. The van der Waals surface area contributed by atoms with Crippen LogP contribution in [0.1, 0.15) is 90.0 Å². The van der Waals surface area contributed by atoms with Gasteiger partial charge in [0.15, 0.2) is 11.6 Å². The molecule has 4 aromatic rings. The number of hydrogen-bond acceptors (Lipinski definition) is 5. The zero-order valence-electron chi connectivity index (χ0n) is 23.3. The summed E-state index contributed by atoms with van der Waals surface area (Å²) in [6.45, 7) is 1.95. The molecule has 0 radical (unpaired) electrons. The van der Waals surface area contributed by atoms with Gasteiger partial charge in [-0.2, -0.15) is 0 Å². The highest BCUT2D eigenvalue weighted by molar-refractivity contribution is 6.01. The molecule has 1 spiro atoms. The van der Waals surface area contributed by atoms with Gasteiger partial charge in [0.1, 0.15) is 17.6 Å². The van der Waals surface area contributed by atoms with Crippen molar-refractivity contribution >= 4 is 22.7 Å². The second-order valence-corrected chi connectivity index (χ2v) is 11.8. The second kappa shape index (κ2) is 10.3. The SMILES string of the molecule is CCc1nocc1C(=O)CC(c1nc2c(F)c(-c3ccccc3C(=O)N(C)C)ccc2[nH]1)C1CCCC2(CC2)C1. The number of aryl methyl sites for hydroxylation is 1. The van der Waals surface area contributed by atoms with E-state index >= 15 is 4.39 Å². The van der Waals surface area contributed by atoms with Crippen LogP contribution in [0.5, 0.6) is 0 Å². The van der Waals surface area contributed by atoms with Crippen LogP contribution in [-0.4, -0.2) is 45.8 Å². The van der Waals surface area contributed by atoms with Gasteiger partial charge in [-0.05, 0) is 73.6 Å².